The zero-order valence-electron chi connectivity index (χ0n) is 11.4. The van der Waals surface area contributed by atoms with Crippen LogP contribution in [-0.4, -0.2) is 12.3 Å². The number of carbonyl (C=O) groups is 1. The second-order valence-electron chi connectivity index (χ2n) is 4.55. The Balaban J connectivity index is 2.07. The van der Waals surface area contributed by atoms with Gasteiger partial charge in [-0.3, -0.25) is 4.79 Å². The number of hydrogen-bond acceptors (Lipinski definition) is 2. The molecular weight excluding hydrogens is 324 g/mol. The summed E-state index contributed by atoms with van der Waals surface area (Å²) >= 11 is 0. The molecule has 0 unspecified atom stereocenters. The predicted molar refractivity (Wildman–Crippen MR) is 70.1 cm³/mol. The molecule has 0 amide bonds. The van der Waals surface area contributed by atoms with E-state index in [-0.39, 0.29) is 18.5 Å². The van der Waals surface area contributed by atoms with Crippen LogP contribution in [0.3, 0.4) is 0 Å². The van der Waals surface area contributed by atoms with Crippen molar-refractivity contribution in [2.75, 3.05) is 11.9 Å². The van der Waals surface area contributed by atoms with E-state index in [2.05, 4.69) is 0 Å². The molecule has 0 atom stereocenters. The van der Waals surface area contributed by atoms with Crippen molar-refractivity contribution in [1.82, 2.24) is 0 Å². The van der Waals surface area contributed by atoms with Crippen molar-refractivity contribution < 1.29 is 31.1 Å². The number of ketones is 1. The number of rotatable bonds is 5. The largest absolute Gasteiger partial charge is 0.380 e. The second-order valence-corrected chi connectivity index (χ2v) is 4.55. The van der Waals surface area contributed by atoms with E-state index in [1.807, 2.05) is 5.32 Å². The normalized spacial score (nSPS) is 10.7. The Bertz CT molecular complexity index is 716. The molecule has 0 saturated carbocycles. The lowest BCUT2D eigenvalue weighted by Crippen LogP contribution is -2.13. The maximum atomic E-state index is 13.4. The number of hydrogen-bond donors (Lipinski definition) is 1. The van der Waals surface area contributed by atoms with Gasteiger partial charge in [0.2, 0.25) is 5.82 Å². The number of halogens is 6. The van der Waals surface area contributed by atoms with Gasteiger partial charge in [0.15, 0.2) is 29.1 Å². The fraction of sp³-hybridized carbons (Fsp3) is 0.133. The maximum Gasteiger partial charge on any atom is 0.200 e. The summed E-state index contributed by atoms with van der Waals surface area (Å²) in [6.07, 6.45) is -0.287. The first-order valence-electron chi connectivity index (χ1n) is 6.37. The summed E-state index contributed by atoms with van der Waals surface area (Å²) in [5.41, 5.74) is -1.04. The highest BCUT2D eigenvalue weighted by Crippen LogP contribution is 2.27. The topological polar surface area (TPSA) is 29.1 Å². The Hall–Kier alpha value is -2.51. The van der Waals surface area contributed by atoms with Gasteiger partial charge in [-0.2, -0.15) is 0 Å². The summed E-state index contributed by atoms with van der Waals surface area (Å²) in [6, 6.07) is 4.56. The van der Waals surface area contributed by atoms with E-state index >= 15 is 0 Å². The summed E-state index contributed by atoms with van der Waals surface area (Å²) in [5, 5.41) is 2.01. The smallest absolute Gasteiger partial charge is 0.200 e. The highest BCUT2D eigenvalue weighted by atomic mass is 19.2. The lowest BCUT2D eigenvalue weighted by atomic mass is 10.1. The molecule has 0 aliphatic rings. The highest BCUT2D eigenvalue weighted by Gasteiger charge is 2.25. The third kappa shape index (κ3) is 3.46. The zero-order chi connectivity index (χ0) is 17.1. The van der Waals surface area contributed by atoms with Crippen molar-refractivity contribution in [1.29, 1.82) is 0 Å². The van der Waals surface area contributed by atoms with Gasteiger partial charge in [-0.05, 0) is 24.3 Å². The summed E-state index contributed by atoms with van der Waals surface area (Å²) in [4.78, 5) is 11.7. The predicted octanol–water partition coefficient (Wildman–Crippen LogP) is 4.21. The standard InChI is InChI=1S/C15H9F6NO/c16-8-3-1-7(2-4-8)9(23)5-6-22-15-13(20)11(18)10(17)12(19)14(15)21/h1-4,22H,5-6H2. The van der Waals surface area contributed by atoms with E-state index < -0.39 is 46.4 Å². The van der Waals surface area contributed by atoms with Gasteiger partial charge in [-0.15, -0.1) is 0 Å². The van der Waals surface area contributed by atoms with Crippen LogP contribution >= 0.6 is 0 Å². The van der Waals surface area contributed by atoms with Crippen molar-refractivity contribution >= 4 is 11.5 Å². The van der Waals surface area contributed by atoms with Crippen LogP contribution < -0.4 is 5.32 Å². The summed E-state index contributed by atoms with van der Waals surface area (Å²) in [5.74, 6) is -11.4. The molecule has 122 valence electrons. The van der Waals surface area contributed by atoms with Crippen LogP contribution in [0.1, 0.15) is 16.8 Å². The number of nitrogens with one attached hydrogen (secondary N) is 1. The molecule has 2 aromatic carbocycles. The van der Waals surface area contributed by atoms with E-state index in [9.17, 15) is 31.1 Å². The van der Waals surface area contributed by atoms with Gasteiger partial charge in [0.25, 0.3) is 0 Å². The van der Waals surface area contributed by atoms with Crippen molar-refractivity contribution in [2.24, 2.45) is 0 Å². The van der Waals surface area contributed by atoms with Gasteiger partial charge in [0, 0.05) is 18.5 Å². The van der Waals surface area contributed by atoms with E-state index in [0.29, 0.717) is 0 Å². The molecule has 0 aliphatic heterocycles. The lowest BCUT2D eigenvalue weighted by Gasteiger charge is -2.10. The van der Waals surface area contributed by atoms with Crippen LogP contribution in [0.25, 0.3) is 0 Å². The van der Waals surface area contributed by atoms with Crippen LogP contribution in [0.15, 0.2) is 24.3 Å². The van der Waals surface area contributed by atoms with Gasteiger partial charge in [0.1, 0.15) is 11.5 Å². The molecule has 0 radical (unpaired) electrons. The Morgan fingerprint density at radius 3 is 1.78 bits per heavy atom. The van der Waals surface area contributed by atoms with Crippen LogP contribution in [0, 0.1) is 34.9 Å². The van der Waals surface area contributed by atoms with Gasteiger partial charge < -0.3 is 5.32 Å². The molecule has 0 aromatic heterocycles. The van der Waals surface area contributed by atoms with Crippen LogP contribution in [0.2, 0.25) is 0 Å². The minimum atomic E-state index is -2.26. The Morgan fingerprint density at radius 2 is 1.26 bits per heavy atom. The van der Waals surface area contributed by atoms with Crippen LogP contribution in [-0.2, 0) is 0 Å². The number of Topliss-reactive ketones (excluding diaryl/α,β-unsaturated/α-hetero) is 1. The zero-order valence-corrected chi connectivity index (χ0v) is 11.4. The molecule has 2 rings (SSSR count). The molecule has 0 heterocycles. The Labute approximate surface area is 126 Å². The van der Waals surface area contributed by atoms with Gasteiger partial charge in [-0.1, -0.05) is 0 Å². The van der Waals surface area contributed by atoms with Crippen molar-refractivity contribution in [3.05, 3.63) is 64.7 Å². The minimum Gasteiger partial charge on any atom is -0.380 e. The maximum absolute atomic E-state index is 13.4. The fourth-order valence-corrected chi connectivity index (χ4v) is 1.84. The van der Waals surface area contributed by atoms with Gasteiger partial charge >= 0.3 is 0 Å². The fourth-order valence-electron chi connectivity index (χ4n) is 1.84. The molecule has 2 aromatic rings. The highest BCUT2D eigenvalue weighted by molar-refractivity contribution is 5.96. The third-order valence-electron chi connectivity index (χ3n) is 3.03. The Kier molecular flexibility index (Phi) is 4.92. The van der Waals surface area contributed by atoms with Gasteiger partial charge in [0.05, 0.1) is 0 Å². The molecule has 0 aliphatic carbocycles. The molecule has 1 N–H and O–H groups in total. The van der Waals surface area contributed by atoms with E-state index in [1.54, 1.807) is 0 Å². The van der Waals surface area contributed by atoms with Crippen molar-refractivity contribution in [3.8, 4) is 0 Å². The monoisotopic (exact) mass is 333 g/mol. The SMILES string of the molecule is O=C(CCNc1c(F)c(F)c(F)c(F)c1F)c1ccc(F)cc1. The van der Waals surface area contributed by atoms with Crippen molar-refractivity contribution in [3.63, 3.8) is 0 Å². The number of carbonyl (C=O) groups excluding carboxylic acids is 1. The van der Waals surface area contributed by atoms with Crippen LogP contribution in [0.4, 0.5) is 32.0 Å². The first-order chi connectivity index (χ1) is 10.8. The third-order valence-corrected chi connectivity index (χ3v) is 3.03. The van der Waals surface area contributed by atoms with Crippen molar-refractivity contribution in [2.45, 2.75) is 6.42 Å². The first kappa shape index (κ1) is 16.9. The first-order valence-corrected chi connectivity index (χ1v) is 6.37. The second kappa shape index (κ2) is 6.72. The lowest BCUT2D eigenvalue weighted by molar-refractivity contribution is 0.0986. The van der Waals surface area contributed by atoms with Crippen LogP contribution in [0.5, 0.6) is 0 Å². The quantitative estimate of drug-likeness (QED) is 0.384. The summed E-state index contributed by atoms with van der Waals surface area (Å²) < 4.78 is 78.3. The molecule has 2 nitrogen and oxygen atoms in total. The molecular formula is C15H9F6NO. The van der Waals surface area contributed by atoms with E-state index in [1.165, 1.54) is 12.1 Å². The molecule has 0 bridgehead atoms. The average molecular weight is 333 g/mol. The van der Waals surface area contributed by atoms with Gasteiger partial charge in [-0.25, -0.2) is 26.3 Å². The average Bonchev–Trinajstić information content (AvgIpc) is 2.54. The Morgan fingerprint density at radius 1 is 0.783 bits per heavy atom. The number of benzene rings is 2. The number of anilines is 1. The molecule has 0 fully saturated rings. The minimum absolute atomic E-state index is 0.158. The molecule has 0 saturated heterocycles. The van der Waals surface area contributed by atoms with E-state index in [0.717, 1.165) is 12.1 Å². The van der Waals surface area contributed by atoms with E-state index in [4.69, 9.17) is 0 Å². The summed E-state index contributed by atoms with van der Waals surface area (Å²) in [7, 11) is 0. The molecule has 8 heteroatoms. The summed E-state index contributed by atoms with van der Waals surface area (Å²) in [6.45, 7) is -0.367. The molecule has 23 heavy (non-hydrogen) atoms. The molecule has 0 spiro atoms.